The van der Waals surface area contributed by atoms with Gasteiger partial charge in [0, 0.05) is 0 Å². The van der Waals surface area contributed by atoms with Gasteiger partial charge >= 0.3 is 161 Å². The van der Waals surface area contributed by atoms with Crippen molar-refractivity contribution in [2.45, 2.75) is 130 Å². The van der Waals surface area contributed by atoms with Crippen molar-refractivity contribution in [2.24, 2.45) is 0 Å². The molecule has 0 amide bonds. The Morgan fingerprint density at radius 1 is 0.519 bits per heavy atom. The second-order valence-corrected chi connectivity index (χ2v) is 14.3. The fourth-order valence-electron chi connectivity index (χ4n) is 4.72. The Morgan fingerprint density at radius 2 is 0.852 bits per heavy atom. The average molecular weight is 399 g/mol. The van der Waals surface area contributed by atoms with Gasteiger partial charge in [-0.3, -0.25) is 0 Å². The van der Waals surface area contributed by atoms with Crippen LogP contribution in [0.4, 0.5) is 0 Å². The number of unbranched alkanes of at least 4 members (excludes halogenated alkanes) is 13. The van der Waals surface area contributed by atoms with Gasteiger partial charge in [-0.25, -0.2) is 0 Å². The van der Waals surface area contributed by atoms with Crippen molar-refractivity contribution in [2.75, 3.05) is 24.6 Å². The van der Waals surface area contributed by atoms with E-state index >= 15 is 0 Å². The van der Waals surface area contributed by atoms with E-state index in [1.54, 1.807) is 18.5 Å². The molecule has 27 heavy (non-hydrogen) atoms. The molecule has 0 bridgehead atoms. The Kier molecular flexibility index (Phi) is 19.6. The monoisotopic (exact) mass is 398 g/mol. The second kappa shape index (κ2) is 19.5. The quantitative estimate of drug-likeness (QED) is 0.102. The summed E-state index contributed by atoms with van der Waals surface area (Å²) in [4.78, 5) is 0. The van der Waals surface area contributed by atoms with E-state index in [1.807, 2.05) is 0 Å². The molecule has 0 aromatic rings. The molecule has 0 rings (SSSR count). The van der Waals surface area contributed by atoms with E-state index in [0.29, 0.717) is 0 Å². The molecule has 0 radical (unpaired) electrons. The van der Waals surface area contributed by atoms with Crippen LogP contribution < -0.4 is 0 Å². The summed E-state index contributed by atoms with van der Waals surface area (Å²) in [7, 11) is -1.10. The first-order chi connectivity index (χ1) is 13.1. The molecule has 0 saturated heterocycles. The normalized spacial score (nSPS) is 12.4. The standard InChI is InChI=1S/C26H55P/c1-6-9-12-13-14-15-16-17-18-19-20-21-24-27(22-10-7-2,23-11-8-3)25-26(4)5/h27H,4,6-25H2,1-3,5H3. The Morgan fingerprint density at radius 3 is 1.22 bits per heavy atom. The third kappa shape index (κ3) is 16.8. The minimum Gasteiger partial charge on any atom is -0.0654 e. The van der Waals surface area contributed by atoms with Crippen LogP contribution in [0.3, 0.4) is 0 Å². The first-order valence-corrected chi connectivity index (χ1v) is 15.6. The van der Waals surface area contributed by atoms with E-state index in [1.165, 1.54) is 114 Å². The van der Waals surface area contributed by atoms with Gasteiger partial charge in [-0.1, -0.05) is 13.3 Å². The molecule has 0 aliphatic carbocycles. The molecule has 0 nitrogen and oxygen atoms in total. The van der Waals surface area contributed by atoms with Crippen LogP contribution in [0, 0.1) is 0 Å². The van der Waals surface area contributed by atoms with Gasteiger partial charge in [-0.15, -0.1) is 0 Å². The number of rotatable bonds is 21. The summed E-state index contributed by atoms with van der Waals surface area (Å²) >= 11 is 0. The van der Waals surface area contributed by atoms with Gasteiger partial charge in [-0.05, 0) is 0 Å². The van der Waals surface area contributed by atoms with Crippen molar-refractivity contribution >= 4 is 7.26 Å². The zero-order chi connectivity index (χ0) is 20.2. The molecule has 0 aliphatic rings. The first-order valence-electron chi connectivity index (χ1n) is 12.7. The molecular formula is C26H55P. The molecule has 0 aromatic heterocycles. The van der Waals surface area contributed by atoms with Crippen LogP contribution in [0.25, 0.3) is 0 Å². The first kappa shape index (κ1) is 27.2. The molecule has 0 N–H and O–H groups in total. The van der Waals surface area contributed by atoms with Gasteiger partial charge in [0.1, 0.15) is 0 Å². The summed E-state index contributed by atoms with van der Waals surface area (Å²) in [6, 6.07) is 0. The minimum atomic E-state index is -1.10. The molecule has 164 valence electrons. The van der Waals surface area contributed by atoms with E-state index in [4.69, 9.17) is 0 Å². The topological polar surface area (TPSA) is 0 Å². The molecule has 0 atom stereocenters. The van der Waals surface area contributed by atoms with Gasteiger partial charge < -0.3 is 0 Å². The molecule has 0 heterocycles. The maximum absolute atomic E-state index is 4.30. The maximum atomic E-state index is 4.30. The predicted octanol–water partition coefficient (Wildman–Crippen LogP) is 9.61. The number of hydrogen-bond acceptors (Lipinski definition) is 0. The summed E-state index contributed by atoms with van der Waals surface area (Å²) < 4.78 is 0. The molecule has 0 aliphatic heterocycles. The molecular weight excluding hydrogens is 343 g/mol. The Bertz CT molecular complexity index is 312. The van der Waals surface area contributed by atoms with Crippen LogP contribution in [0.5, 0.6) is 0 Å². The van der Waals surface area contributed by atoms with Crippen molar-refractivity contribution in [1.82, 2.24) is 0 Å². The Hall–Kier alpha value is 0.170. The van der Waals surface area contributed by atoms with Crippen molar-refractivity contribution in [3.8, 4) is 0 Å². The molecule has 0 unspecified atom stereocenters. The number of allylic oxidation sites excluding steroid dienone is 1. The van der Waals surface area contributed by atoms with Gasteiger partial charge in [0.25, 0.3) is 0 Å². The van der Waals surface area contributed by atoms with Crippen LogP contribution in [0.1, 0.15) is 130 Å². The van der Waals surface area contributed by atoms with Gasteiger partial charge in [0.2, 0.25) is 0 Å². The van der Waals surface area contributed by atoms with Crippen molar-refractivity contribution < 1.29 is 0 Å². The molecule has 0 aromatic carbocycles. The second-order valence-electron chi connectivity index (χ2n) is 9.48. The fourth-order valence-corrected chi connectivity index (χ4v) is 10.5. The van der Waals surface area contributed by atoms with Crippen LogP contribution in [0.15, 0.2) is 12.2 Å². The van der Waals surface area contributed by atoms with E-state index in [-0.39, 0.29) is 0 Å². The zero-order valence-electron chi connectivity index (χ0n) is 19.8. The van der Waals surface area contributed by atoms with Crippen molar-refractivity contribution in [1.29, 1.82) is 0 Å². The van der Waals surface area contributed by atoms with Gasteiger partial charge in [-0.2, -0.15) is 0 Å². The summed E-state index contributed by atoms with van der Waals surface area (Å²) in [6.45, 7) is 13.6. The van der Waals surface area contributed by atoms with E-state index in [2.05, 4.69) is 34.3 Å². The summed E-state index contributed by atoms with van der Waals surface area (Å²) in [6.07, 6.45) is 29.4. The molecule has 0 fully saturated rings. The van der Waals surface area contributed by atoms with E-state index < -0.39 is 7.26 Å². The minimum absolute atomic E-state index is 1.10. The van der Waals surface area contributed by atoms with Crippen molar-refractivity contribution in [3.63, 3.8) is 0 Å². The van der Waals surface area contributed by atoms with Gasteiger partial charge in [0.15, 0.2) is 0 Å². The SMILES string of the molecule is C=C(C)C[PH](CCCC)(CCCC)CCCCCCCCCCCCCC. The third-order valence-corrected chi connectivity index (χ3v) is 12.0. The predicted molar refractivity (Wildman–Crippen MR) is 133 cm³/mol. The van der Waals surface area contributed by atoms with Crippen LogP contribution in [-0.2, 0) is 0 Å². The fraction of sp³-hybridized carbons (Fsp3) is 0.923. The van der Waals surface area contributed by atoms with Crippen LogP contribution in [0.2, 0.25) is 0 Å². The summed E-state index contributed by atoms with van der Waals surface area (Å²) in [5.74, 6) is 0. The third-order valence-electron chi connectivity index (χ3n) is 6.36. The Balaban J connectivity index is 3.95. The van der Waals surface area contributed by atoms with E-state index in [9.17, 15) is 0 Å². The van der Waals surface area contributed by atoms with Crippen molar-refractivity contribution in [3.05, 3.63) is 12.2 Å². The average Bonchev–Trinajstić information content (AvgIpc) is 2.65. The van der Waals surface area contributed by atoms with Crippen LogP contribution >= 0.6 is 7.26 Å². The Labute approximate surface area is 174 Å². The zero-order valence-corrected chi connectivity index (χ0v) is 20.8. The smallest absolute Gasteiger partial charge is 0.0654 e. The number of hydrogen-bond donors (Lipinski definition) is 0. The summed E-state index contributed by atoms with van der Waals surface area (Å²) in [5.41, 5.74) is 1.47. The molecule has 1 heteroatoms. The molecule has 0 saturated carbocycles. The van der Waals surface area contributed by atoms with E-state index in [0.717, 1.165) is 0 Å². The summed E-state index contributed by atoms with van der Waals surface area (Å²) in [5, 5.41) is 0. The molecule has 0 spiro atoms. The van der Waals surface area contributed by atoms with Crippen LogP contribution in [-0.4, -0.2) is 24.6 Å². The van der Waals surface area contributed by atoms with Gasteiger partial charge in [0.05, 0.1) is 0 Å².